The summed E-state index contributed by atoms with van der Waals surface area (Å²) in [6.07, 6.45) is 0. The zero-order chi connectivity index (χ0) is 15.7. The van der Waals surface area contributed by atoms with Crippen LogP contribution in [0.4, 0.5) is 5.69 Å². The van der Waals surface area contributed by atoms with E-state index in [1.54, 1.807) is 24.3 Å². The zero-order valence-corrected chi connectivity index (χ0v) is 12.4. The molecule has 0 atom stereocenters. The van der Waals surface area contributed by atoms with Crippen LogP contribution in [0, 0.1) is 13.8 Å². The number of nitrogens with one attached hydrogen (secondary N) is 1. The van der Waals surface area contributed by atoms with Crippen molar-refractivity contribution in [1.82, 2.24) is 4.98 Å². The Kier molecular flexibility index (Phi) is 3.51. The largest absolute Gasteiger partial charge is 0.508 e. The number of benzene rings is 2. The average molecular weight is 292 g/mol. The second-order valence-electron chi connectivity index (χ2n) is 5.28. The molecule has 2 aromatic carbocycles. The van der Waals surface area contributed by atoms with E-state index in [2.05, 4.69) is 10.3 Å². The molecule has 22 heavy (non-hydrogen) atoms. The molecule has 0 unspecified atom stereocenters. The number of rotatable bonds is 2. The minimum atomic E-state index is -0.211. The maximum atomic E-state index is 12.6. The van der Waals surface area contributed by atoms with Crippen molar-refractivity contribution in [2.75, 3.05) is 5.32 Å². The lowest BCUT2D eigenvalue weighted by Gasteiger charge is -2.10. The molecule has 0 saturated heterocycles. The second kappa shape index (κ2) is 5.48. The van der Waals surface area contributed by atoms with Crippen molar-refractivity contribution >= 4 is 22.5 Å². The lowest BCUT2D eigenvalue weighted by atomic mass is 10.1. The Morgan fingerprint density at radius 3 is 2.68 bits per heavy atom. The third kappa shape index (κ3) is 2.63. The minimum absolute atomic E-state index is 0.179. The fourth-order valence-electron chi connectivity index (χ4n) is 2.41. The maximum absolute atomic E-state index is 12.6. The van der Waals surface area contributed by atoms with E-state index in [1.165, 1.54) is 0 Å². The number of anilines is 1. The summed E-state index contributed by atoms with van der Waals surface area (Å²) in [5, 5.41) is 13.2. The van der Waals surface area contributed by atoms with Gasteiger partial charge >= 0.3 is 0 Å². The molecule has 3 aromatic rings. The Labute approximate surface area is 128 Å². The Morgan fingerprint density at radius 1 is 1.09 bits per heavy atom. The summed E-state index contributed by atoms with van der Waals surface area (Å²) in [6, 6.07) is 14.3. The molecule has 0 fully saturated rings. The number of nitrogens with zero attached hydrogens (tertiary/aromatic N) is 1. The molecule has 4 heteroatoms. The van der Waals surface area contributed by atoms with Gasteiger partial charge in [0, 0.05) is 16.8 Å². The highest BCUT2D eigenvalue weighted by Gasteiger charge is 2.12. The van der Waals surface area contributed by atoms with Crippen LogP contribution in [0.5, 0.6) is 5.75 Å². The molecule has 0 radical (unpaired) electrons. The molecule has 0 aliphatic carbocycles. The number of phenolic OH excluding ortho intramolecular Hbond substituents is 1. The van der Waals surface area contributed by atoms with E-state index in [4.69, 9.17) is 0 Å². The molecule has 4 nitrogen and oxygen atoms in total. The van der Waals surface area contributed by atoms with E-state index in [1.807, 2.05) is 38.1 Å². The van der Waals surface area contributed by atoms with Gasteiger partial charge in [0.2, 0.25) is 0 Å². The van der Waals surface area contributed by atoms with Crippen LogP contribution >= 0.6 is 0 Å². The number of carbonyl (C=O) groups is 1. The molecule has 2 N–H and O–H groups in total. The molecule has 0 spiro atoms. The number of hydrogen-bond donors (Lipinski definition) is 2. The fraction of sp³-hybridized carbons (Fsp3) is 0.111. The van der Waals surface area contributed by atoms with Crippen LogP contribution in [-0.2, 0) is 0 Å². The van der Waals surface area contributed by atoms with Gasteiger partial charge in [-0.05, 0) is 49.7 Å². The zero-order valence-electron chi connectivity index (χ0n) is 12.4. The SMILES string of the molecule is Cc1ccc2cccc(C(=O)Nc3ccc(O)cc3C)c2n1. The Balaban J connectivity index is 2.00. The number of aromatic nitrogens is 1. The molecule has 0 aliphatic rings. The normalized spacial score (nSPS) is 10.6. The van der Waals surface area contributed by atoms with Crippen molar-refractivity contribution in [3.63, 3.8) is 0 Å². The second-order valence-corrected chi connectivity index (χ2v) is 5.28. The summed E-state index contributed by atoms with van der Waals surface area (Å²) in [5.74, 6) is -0.0320. The number of pyridine rings is 1. The van der Waals surface area contributed by atoms with Crippen LogP contribution in [0.15, 0.2) is 48.5 Å². The van der Waals surface area contributed by atoms with E-state index in [9.17, 15) is 9.90 Å². The number of hydrogen-bond acceptors (Lipinski definition) is 3. The number of amides is 1. The quantitative estimate of drug-likeness (QED) is 0.706. The van der Waals surface area contributed by atoms with Crippen LogP contribution < -0.4 is 5.32 Å². The number of phenols is 1. The van der Waals surface area contributed by atoms with Gasteiger partial charge in [0.05, 0.1) is 11.1 Å². The highest BCUT2D eigenvalue weighted by atomic mass is 16.3. The van der Waals surface area contributed by atoms with Gasteiger partial charge in [-0.3, -0.25) is 9.78 Å². The Morgan fingerprint density at radius 2 is 1.91 bits per heavy atom. The summed E-state index contributed by atoms with van der Waals surface area (Å²) < 4.78 is 0. The molecule has 1 aromatic heterocycles. The molecule has 0 aliphatic heterocycles. The van der Waals surface area contributed by atoms with E-state index < -0.39 is 0 Å². The predicted octanol–water partition coefficient (Wildman–Crippen LogP) is 3.81. The summed E-state index contributed by atoms with van der Waals surface area (Å²) in [4.78, 5) is 17.0. The number of para-hydroxylation sites is 1. The third-order valence-electron chi connectivity index (χ3n) is 3.56. The first-order valence-electron chi connectivity index (χ1n) is 7.02. The van der Waals surface area contributed by atoms with Gasteiger partial charge in [-0.15, -0.1) is 0 Å². The van der Waals surface area contributed by atoms with Crippen molar-refractivity contribution in [2.24, 2.45) is 0 Å². The minimum Gasteiger partial charge on any atom is -0.508 e. The Bertz CT molecular complexity index is 872. The summed E-state index contributed by atoms with van der Waals surface area (Å²) in [5.41, 5.74) is 3.57. The van der Waals surface area contributed by atoms with Gasteiger partial charge in [0.1, 0.15) is 5.75 Å². The summed E-state index contributed by atoms with van der Waals surface area (Å²) >= 11 is 0. The highest BCUT2D eigenvalue weighted by Crippen LogP contribution is 2.22. The van der Waals surface area contributed by atoms with Crippen LogP contribution in [0.2, 0.25) is 0 Å². The van der Waals surface area contributed by atoms with Crippen LogP contribution in [-0.4, -0.2) is 16.0 Å². The van der Waals surface area contributed by atoms with Crippen molar-refractivity contribution in [3.8, 4) is 5.75 Å². The molecule has 110 valence electrons. The van der Waals surface area contributed by atoms with Gasteiger partial charge in [0.15, 0.2) is 0 Å². The van der Waals surface area contributed by atoms with Crippen LogP contribution in [0.1, 0.15) is 21.6 Å². The van der Waals surface area contributed by atoms with Gasteiger partial charge in [-0.25, -0.2) is 0 Å². The number of fused-ring (bicyclic) bond motifs is 1. The van der Waals surface area contributed by atoms with Gasteiger partial charge in [-0.2, -0.15) is 0 Å². The summed E-state index contributed by atoms with van der Waals surface area (Å²) in [7, 11) is 0. The first kappa shape index (κ1) is 14.1. The number of aryl methyl sites for hydroxylation is 2. The maximum Gasteiger partial charge on any atom is 0.257 e. The predicted molar refractivity (Wildman–Crippen MR) is 87.3 cm³/mol. The van der Waals surface area contributed by atoms with Crippen LogP contribution in [0.3, 0.4) is 0 Å². The standard InChI is InChI=1S/C18H16N2O2/c1-11-10-14(21)8-9-16(11)20-18(22)15-5-3-4-13-7-6-12(2)19-17(13)15/h3-10,21H,1-2H3,(H,20,22). The lowest BCUT2D eigenvalue weighted by Crippen LogP contribution is -2.13. The monoisotopic (exact) mass is 292 g/mol. The number of carbonyl (C=O) groups excluding carboxylic acids is 1. The van der Waals surface area contributed by atoms with Gasteiger partial charge < -0.3 is 10.4 Å². The molecule has 0 saturated carbocycles. The summed E-state index contributed by atoms with van der Waals surface area (Å²) in [6.45, 7) is 3.74. The topological polar surface area (TPSA) is 62.2 Å². The van der Waals surface area contributed by atoms with E-state index in [-0.39, 0.29) is 11.7 Å². The molecule has 1 heterocycles. The van der Waals surface area contributed by atoms with Crippen LogP contribution in [0.25, 0.3) is 10.9 Å². The van der Waals surface area contributed by atoms with Crippen molar-refractivity contribution in [2.45, 2.75) is 13.8 Å². The first-order chi connectivity index (χ1) is 10.5. The first-order valence-corrected chi connectivity index (χ1v) is 7.02. The molecule has 3 rings (SSSR count). The smallest absolute Gasteiger partial charge is 0.257 e. The molecule has 1 amide bonds. The van der Waals surface area contributed by atoms with Gasteiger partial charge in [0.25, 0.3) is 5.91 Å². The molecular weight excluding hydrogens is 276 g/mol. The van der Waals surface area contributed by atoms with Crippen molar-refractivity contribution < 1.29 is 9.90 Å². The molecular formula is C18H16N2O2. The molecule has 0 bridgehead atoms. The Hall–Kier alpha value is -2.88. The third-order valence-corrected chi connectivity index (χ3v) is 3.56. The van der Waals surface area contributed by atoms with Gasteiger partial charge in [-0.1, -0.05) is 18.2 Å². The average Bonchev–Trinajstić information content (AvgIpc) is 2.49. The van der Waals surface area contributed by atoms with E-state index in [0.717, 1.165) is 16.6 Å². The van der Waals surface area contributed by atoms with E-state index in [0.29, 0.717) is 16.8 Å². The fourth-order valence-corrected chi connectivity index (χ4v) is 2.41. The van der Waals surface area contributed by atoms with Crippen molar-refractivity contribution in [3.05, 3.63) is 65.4 Å². The van der Waals surface area contributed by atoms with Crippen molar-refractivity contribution in [1.29, 1.82) is 0 Å². The van der Waals surface area contributed by atoms with E-state index >= 15 is 0 Å². The lowest BCUT2D eigenvalue weighted by molar-refractivity contribution is 0.102. The number of aromatic hydroxyl groups is 1. The highest BCUT2D eigenvalue weighted by molar-refractivity contribution is 6.12.